The number of methoxy groups -OCH3 is 1. The van der Waals surface area contributed by atoms with Gasteiger partial charge in [-0.15, -0.1) is 0 Å². The van der Waals surface area contributed by atoms with Crippen LogP contribution in [0.1, 0.15) is 12.5 Å². The van der Waals surface area contributed by atoms with Gasteiger partial charge in [0.2, 0.25) is 10.0 Å². The zero-order chi connectivity index (χ0) is 13.8. The fraction of sp³-hybridized carbons (Fsp3) is 0.455. The number of hydrogen-bond acceptors (Lipinski definition) is 4. The van der Waals surface area contributed by atoms with Crippen molar-refractivity contribution in [3.63, 3.8) is 0 Å². The lowest BCUT2D eigenvalue weighted by Crippen LogP contribution is -2.35. The van der Waals surface area contributed by atoms with Crippen molar-refractivity contribution in [3.05, 3.63) is 28.8 Å². The zero-order valence-corrected chi connectivity index (χ0v) is 11.9. The average Bonchev–Trinajstić information content (AvgIpc) is 2.27. The summed E-state index contributed by atoms with van der Waals surface area (Å²) in [6.45, 7) is 2.31. The van der Waals surface area contributed by atoms with E-state index < -0.39 is 10.0 Å². The highest BCUT2D eigenvalue weighted by Crippen LogP contribution is 2.22. The van der Waals surface area contributed by atoms with Crippen LogP contribution in [0.15, 0.2) is 23.1 Å². The summed E-state index contributed by atoms with van der Waals surface area (Å²) in [5, 5.41) is 0.162. The molecule has 0 amide bonds. The molecular weight excluding hydrogens is 276 g/mol. The minimum atomic E-state index is -3.64. The molecule has 18 heavy (non-hydrogen) atoms. The van der Waals surface area contributed by atoms with Gasteiger partial charge in [-0.25, -0.2) is 13.1 Å². The van der Waals surface area contributed by atoms with E-state index in [0.717, 1.165) is 5.56 Å². The second-order valence-corrected chi connectivity index (χ2v) is 6.04. The Labute approximate surface area is 112 Å². The number of halogens is 1. The number of nitrogens with two attached hydrogens (primary N) is 1. The van der Waals surface area contributed by atoms with Crippen LogP contribution in [0, 0.1) is 0 Å². The van der Waals surface area contributed by atoms with Gasteiger partial charge in [-0.05, 0) is 24.6 Å². The predicted octanol–water partition coefficient (Wildman–Crippen LogP) is 1.11. The molecule has 0 aliphatic carbocycles. The van der Waals surface area contributed by atoms with Crippen molar-refractivity contribution in [1.29, 1.82) is 0 Å². The van der Waals surface area contributed by atoms with Crippen molar-refractivity contribution < 1.29 is 13.2 Å². The van der Waals surface area contributed by atoms with E-state index in [9.17, 15) is 8.42 Å². The van der Waals surface area contributed by atoms with Crippen LogP contribution in [0.5, 0.6) is 0 Å². The standard InChI is InChI=1S/C11H17ClN2O3S/c1-8(7-17-2)14-18(15,16)11-4-3-9(6-13)5-10(11)12/h3-5,8,14H,6-7,13H2,1-2H3. The zero-order valence-electron chi connectivity index (χ0n) is 10.3. The van der Waals surface area contributed by atoms with Gasteiger partial charge in [0.25, 0.3) is 0 Å². The van der Waals surface area contributed by atoms with Crippen molar-refractivity contribution in [2.75, 3.05) is 13.7 Å². The van der Waals surface area contributed by atoms with Crippen LogP contribution in [-0.2, 0) is 21.3 Å². The van der Waals surface area contributed by atoms with Gasteiger partial charge < -0.3 is 10.5 Å². The topological polar surface area (TPSA) is 81.4 Å². The Morgan fingerprint density at radius 2 is 2.17 bits per heavy atom. The molecule has 0 aliphatic heterocycles. The lowest BCUT2D eigenvalue weighted by atomic mass is 10.2. The smallest absolute Gasteiger partial charge is 0.242 e. The molecule has 0 aliphatic rings. The fourth-order valence-corrected chi connectivity index (χ4v) is 3.30. The van der Waals surface area contributed by atoms with Crippen LogP contribution in [-0.4, -0.2) is 28.2 Å². The number of hydrogen-bond donors (Lipinski definition) is 2. The molecule has 0 radical (unpaired) electrons. The Balaban J connectivity index is 2.98. The summed E-state index contributed by atoms with van der Waals surface area (Å²) >= 11 is 5.95. The molecule has 1 atom stereocenters. The highest BCUT2D eigenvalue weighted by molar-refractivity contribution is 7.89. The molecule has 3 N–H and O–H groups in total. The van der Waals surface area contributed by atoms with Crippen LogP contribution < -0.4 is 10.5 Å². The van der Waals surface area contributed by atoms with E-state index in [1.54, 1.807) is 19.1 Å². The third-order valence-electron chi connectivity index (χ3n) is 2.29. The summed E-state index contributed by atoms with van der Waals surface area (Å²) < 4.78 is 31.5. The summed E-state index contributed by atoms with van der Waals surface area (Å²) in [6, 6.07) is 4.32. The molecule has 1 aromatic carbocycles. The van der Waals surface area contributed by atoms with E-state index in [2.05, 4.69) is 4.72 Å². The van der Waals surface area contributed by atoms with Gasteiger partial charge in [0.1, 0.15) is 4.90 Å². The largest absolute Gasteiger partial charge is 0.383 e. The first kappa shape index (κ1) is 15.4. The predicted molar refractivity (Wildman–Crippen MR) is 71.0 cm³/mol. The van der Waals surface area contributed by atoms with E-state index in [-0.39, 0.29) is 22.6 Å². The minimum absolute atomic E-state index is 0.0457. The molecule has 0 heterocycles. The second kappa shape index (κ2) is 6.49. The molecule has 7 heteroatoms. The maximum atomic E-state index is 12.1. The molecule has 1 unspecified atom stereocenters. The van der Waals surface area contributed by atoms with Crippen molar-refractivity contribution in [2.24, 2.45) is 5.73 Å². The number of ether oxygens (including phenoxy) is 1. The van der Waals surface area contributed by atoms with Crippen molar-refractivity contribution in [2.45, 2.75) is 24.4 Å². The summed E-state index contributed by atoms with van der Waals surface area (Å²) in [4.78, 5) is 0.0457. The lowest BCUT2D eigenvalue weighted by Gasteiger charge is -2.14. The molecule has 1 rings (SSSR count). The molecule has 0 aromatic heterocycles. The third-order valence-corrected chi connectivity index (χ3v) is 4.37. The first-order valence-corrected chi connectivity index (χ1v) is 7.26. The number of sulfonamides is 1. The molecule has 0 fully saturated rings. The summed E-state index contributed by atoms with van der Waals surface area (Å²) in [6.07, 6.45) is 0. The Kier molecular flexibility index (Phi) is 5.55. The average molecular weight is 293 g/mol. The molecule has 0 saturated heterocycles. The molecule has 1 aromatic rings. The van der Waals surface area contributed by atoms with Crippen LogP contribution in [0.2, 0.25) is 5.02 Å². The molecule has 5 nitrogen and oxygen atoms in total. The van der Waals surface area contributed by atoms with Crippen LogP contribution in [0.25, 0.3) is 0 Å². The number of rotatable bonds is 6. The Morgan fingerprint density at radius 1 is 1.50 bits per heavy atom. The fourth-order valence-electron chi connectivity index (χ4n) is 1.50. The molecule has 0 bridgehead atoms. The highest BCUT2D eigenvalue weighted by atomic mass is 35.5. The molecule has 0 spiro atoms. The van der Waals surface area contributed by atoms with Gasteiger partial charge in [0, 0.05) is 19.7 Å². The monoisotopic (exact) mass is 292 g/mol. The Bertz CT molecular complexity index is 505. The first-order chi connectivity index (χ1) is 8.40. The molecule has 102 valence electrons. The Hall–Kier alpha value is -0.660. The van der Waals surface area contributed by atoms with E-state index in [4.69, 9.17) is 22.1 Å². The van der Waals surface area contributed by atoms with Gasteiger partial charge in [0.05, 0.1) is 11.6 Å². The van der Waals surface area contributed by atoms with Crippen molar-refractivity contribution in [3.8, 4) is 0 Å². The van der Waals surface area contributed by atoms with Crippen LogP contribution >= 0.6 is 11.6 Å². The molecular formula is C11H17ClN2O3S. The van der Waals surface area contributed by atoms with Gasteiger partial charge in [-0.1, -0.05) is 17.7 Å². The number of nitrogens with one attached hydrogen (secondary N) is 1. The Morgan fingerprint density at radius 3 is 2.67 bits per heavy atom. The van der Waals surface area contributed by atoms with Crippen LogP contribution in [0.3, 0.4) is 0 Å². The maximum absolute atomic E-state index is 12.1. The minimum Gasteiger partial charge on any atom is -0.383 e. The van der Waals surface area contributed by atoms with Crippen molar-refractivity contribution in [1.82, 2.24) is 4.72 Å². The van der Waals surface area contributed by atoms with E-state index in [1.807, 2.05) is 0 Å². The summed E-state index contributed by atoms with van der Waals surface area (Å²) in [5.41, 5.74) is 6.24. The second-order valence-electron chi connectivity index (χ2n) is 3.95. The maximum Gasteiger partial charge on any atom is 0.242 e. The quantitative estimate of drug-likeness (QED) is 0.823. The third kappa shape index (κ3) is 3.93. The number of benzene rings is 1. The van der Waals surface area contributed by atoms with Gasteiger partial charge in [-0.2, -0.15) is 0 Å². The van der Waals surface area contributed by atoms with E-state index in [0.29, 0.717) is 6.54 Å². The first-order valence-electron chi connectivity index (χ1n) is 5.40. The molecule has 0 saturated carbocycles. The summed E-state index contributed by atoms with van der Waals surface area (Å²) in [5.74, 6) is 0. The van der Waals surface area contributed by atoms with Gasteiger partial charge in [-0.3, -0.25) is 0 Å². The highest BCUT2D eigenvalue weighted by Gasteiger charge is 2.20. The van der Waals surface area contributed by atoms with Crippen molar-refractivity contribution >= 4 is 21.6 Å². The van der Waals surface area contributed by atoms with Crippen LogP contribution in [0.4, 0.5) is 0 Å². The SMILES string of the molecule is COCC(C)NS(=O)(=O)c1ccc(CN)cc1Cl. The van der Waals surface area contributed by atoms with E-state index in [1.165, 1.54) is 13.2 Å². The normalized spacial score (nSPS) is 13.6. The summed E-state index contributed by atoms with van der Waals surface area (Å²) in [7, 11) is -2.13. The lowest BCUT2D eigenvalue weighted by molar-refractivity contribution is 0.180. The van der Waals surface area contributed by atoms with Gasteiger partial charge >= 0.3 is 0 Å². The van der Waals surface area contributed by atoms with Gasteiger partial charge in [0.15, 0.2) is 0 Å². The van der Waals surface area contributed by atoms with E-state index >= 15 is 0 Å².